The summed E-state index contributed by atoms with van der Waals surface area (Å²) in [5.41, 5.74) is 2.47. The number of Topliss-reactive ketones (excluding diaryl/α,β-unsaturated/α-hetero) is 1. The van der Waals surface area contributed by atoms with Crippen LogP contribution in [0.15, 0.2) is 24.3 Å². The molecule has 1 amide bonds. The minimum absolute atomic E-state index is 0.184. The fourth-order valence-electron chi connectivity index (χ4n) is 3.25. The molecule has 0 aliphatic carbocycles. The maximum atomic E-state index is 12.3. The van der Waals surface area contributed by atoms with E-state index in [4.69, 9.17) is 4.74 Å². The first-order valence-corrected chi connectivity index (χ1v) is 8.92. The first-order valence-electron chi connectivity index (χ1n) is 8.92. The Morgan fingerprint density at radius 1 is 1.16 bits per heavy atom. The zero-order valence-electron chi connectivity index (χ0n) is 15.5. The van der Waals surface area contributed by atoms with E-state index in [1.807, 2.05) is 45.9 Å². The molecule has 5 heteroatoms. The van der Waals surface area contributed by atoms with E-state index in [1.54, 1.807) is 4.90 Å². The molecule has 0 atom stereocenters. The van der Waals surface area contributed by atoms with Crippen molar-refractivity contribution in [3.8, 4) is 0 Å². The van der Waals surface area contributed by atoms with Gasteiger partial charge < -0.3 is 14.2 Å². The Morgan fingerprint density at radius 3 is 2.60 bits per heavy atom. The summed E-state index contributed by atoms with van der Waals surface area (Å²) in [5, 5.41) is 1.06. The maximum absolute atomic E-state index is 12.3. The smallest absolute Gasteiger partial charge is 0.410 e. The predicted octanol–water partition coefficient (Wildman–Crippen LogP) is 4.37. The predicted molar refractivity (Wildman–Crippen MR) is 97.8 cm³/mol. The number of carbonyl (C=O) groups excluding carboxylic acids is 2. The molecule has 134 valence electrons. The van der Waals surface area contributed by atoms with E-state index in [1.165, 1.54) is 0 Å². The number of hydrogen-bond donors (Lipinski definition) is 0. The maximum Gasteiger partial charge on any atom is 0.410 e. The van der Waals surface area contributed by atoms with Gasteiger partial charge in [0.05, 0.1) is 6.54 Å². The first-order chi connectivity index (χ1) is 11.8. The Morgan fingerprint density at radius 2 is 1.92 bits per heavy atom. The molecule has 2 heterocycles. The molecule has 5 nitrogen and oxygen atoms in total. The number of amides is 1. The normalized spacial score (nSPS) is 14.5. The third kappa shape index (κ3) is 3.70. The number of ketones is 1. The van der Waals surface area contributed by atoms with Gasteiger partial charge in [-0.1, -0.05) is 6.92 Å². The Bertz CT molecular complexity index is 814. The van der Waals surface area contributed by atoms with Gasteiger partial charge in [-0.25, -0.2) is 4.79 Å². The van der Waals surface area contributed by atoms with Crippen molar-refractivity contribution in [2.24, 2.45) is 0 Å². The summed E-state index contributed by atoms with van der Waals surface area (Å²) < 4.78 is 7.70. The number of hydrogen-bond acceptors (Lipinski definition) is 3. The van der Waals surface area contributed by atoms with Crippen LogP contribution in [-0.4, -0.2) is 33.5 Å². The highest BCUT2D eigenvalue weighted by atomic mass is 16.6. The quantitative estimate of drug-likeness (QED) is 0.778. The minimum atomic E-state index is -0.490. The lowest BCUT2D eigenvalue weighted by molar-refractivity contribution is 0.0200. The molecule has 0 saturated heterocycles. The second-order valence-electron chi connectivity index (χ2n) is 7.64. The van der Waals surface area contributed by atoms with Crippen molar-refractivity contribution in [2.45, 2.75) is 59.2 Å². The Labute approximate surface area is 148 Å². The lowest BCUT2D eigenvalue weighted by atomic mass is 10.1. The highest BCUT2D eigenvalue weighted by Gasteiger charge is 2.26. The molecule has 1 aliphatic heterocycles. The van der Waals surface area contributed by atoms with Gasteiger partial charge in [0.1, 0.15) is 5.60 Å². The summed E-state index contributed by atoms with van der Waals surface area (Å²) in [6.07, 6.45) is 1.15. The zero-order chi connectivity index (χ0) is 18.2. The molecule has 3 rings (SSSR count). The van der Waals surface area contributed by atoms with Gasteiger partial charge in [0.25, 0.3) is 0 Å². The van der Waals surface area contributed by atoms with Crippen molar-refractivity contribution in [3.63, 3.8) is 0 Å². The highest BCUT2D eigenvalue weighted by Crippen LogP contribution is 2.26. The molecule has 0 spiro atoms. The van der Waals surface area contributed by atoms with Crippen molar-refractivity contribution in [2.75, 3.05) is 6.54 Å². The van der Waals surface area contributed by atoms with E-state index in [2.05, 4.69) is 10.6 Å². The van der Waals surface area contributed by atoms with Gasteiger partial charge in [-0.05, 0) is 51.5 Å². The molecule has 25 heavy (non-hydrogen) atoms. The zero-order valence-corrected chi connectivity index (χ0v) is 15.5. The molecule has 0 saturated carbocycles. The average Bonchev–Trinajstić information content (AvgIpc) is 2.90. The van der Waals surface area contributed by atoms with Gasteiger partial charge in [0.15, 0.2) is 5.78 Å². The number of rotatable bonds is 3. The summed E-state index contributed by atoms with van der Waals surface area (Å²) in [4.78, 5) is 26.2. The van der Waals surface area contributed by atoms with Gasteiger partial charge in [-0.15, -0.1) is 0 Å². The second kappa shape index (κ2) is 6.54. The van der Waals surface area contributed by atoms with E-state index in [9.17, 15) is 9.59 Å². The number of nitrogens with zero attached hydrogens (tertiary/aromatic N) is 2. The SMILES string of the molecule is CCCC(=O)c1ccc2c(c1)cc1n2CCN(C(=O)OC(C)(C)C)C1. The number of benzene rings is 1. The molecule has 1 aromatic carbocycles. The fourth-order valence-corrected chi connectivity index (χ4v) is 3.25. The summed E-state index contributed by atoms with van der Waals surface area (Å²) >= 11 is 0. The van der Waals surface area contributed by atoms with E-state index < -0.39 is 5.60 Å². The van der Waals surface area contributed by atoms with Crippen molar-refractivity contribution >= 4 is 22.8 Å². The molecule has 1 aromatic heterocycles. The fraction of sp³-hybridized carbons (Fsp3) is 0.500. The van der Waals surface area contributed by atoms with Crippen molar-refractivity contribution in [1.82, 2.24) is 9.47 Å². The molecule has 0 N–H and O–H groups in total. The lowest BCUT2D eigenvalue weighted by Crippen LogP contribution is -2.41. The number of fused-ring (bicyclic) bond motifs is 3. The van der Waals surface area contributed by atoms with E-state index in [0.717, 1.165) is 35.1 Å². The molecule has 0 unspecified atom stereocenters. The molecule has 0 fully saturated rings. The Hall–Kier alpha value is -2.30. The van der Waals surface area contributed by atoms with E-state index in [0.29, 0.717) is 19.5 Å². The largest absolute Gasteiger partial charge is 0.444 e. The van der Waals surface area contributed by atoms with Crippen LogP contribution in [0, 0.1) is 0 Å². The van der Waals surface area contributed by atoms with Crippen LogP contribution in [-0.2, 0) is 17.8 Å². The summed E-state index contributed by atoms with van der Waals surface area (Å²) in [6.45, 7) is 9.53. The minimum Gasteiger partial charge on any atom is -0.444 e. The summed E-state index contributed by atoms with van der Waals surface area (Å²) in [5.74, 6) is 0.184. The third-order valence-corrected chi connectivity index (χ3v) is 4.38. The lowest BCUT2D eigenvalue weighted by Gasteiger charge is -2.31. The summed E-state index contributed by atoms with van der Waals surface area (Å²) in [7, 11) is 0. The van der Waals surface area contributed by atoms with Gasteiger partial charge in [-0.2, -0.15) is 0 Å². The van der Waals surface area contributed by atoms with Crippen LogP contribution in [0.4, 0.5) is 4.79 Å². The van der Waals surface area contributed by atoms with Gasteiger partial charge in [-0.3, -0.25) is 4.79 Å². The number of ether oxygens (including phenoxy) is 1. The van der Waals surface area contributed by atoms with Gasteiger partial charge in [0, 0.05) is 41.7 Å². The van der Waals surface area contributed by atoms with E-state index >= 15 is 0 Å². The Balaban J connectivity index is 1.84. The molecule has 2 aromatic rings. The number of carbonyl (C=O) groups is 2. The van der Waals surface area contributed by atoms with Crippen LogP contribution in [0.5, 0.6) is 0 Å². The third-order valence-electron chi connectivity index (χ3n) is 4.38. The van der Waals surface area contributed by atoms with Gasteiger partial charge >= 0.3 is 6.09 Å². The van der Waals surface area contributed by atoms with Crippen molar-refractivity contribution < 1.29 is 14.3 Å². The standard InChI is InChI=1S/C20H26N2O3/c1-5-6-18(23)14-7-8-17-15(11-14)12-16-13-21(9-10-22(16)17)19(24)25-20(2,3)4/h7-8,11-12H,5-6,9-10,13H2,1-4H3. The number of aromatic nitrogens is 1. The van der Waals surface area contributed by atoms with Crippen molar-refractivity contribution in [1.29, 1.82) is 0 Å². The van der Waals surface area contributed by atoms with Crippen LogP contribution < -0.4 is 0 Å². The van der Waals surface area contributed by atoms with Crippen LogP contribution in [0.3, 0.4) is 0 Å². The second-order valence-corrected chi connectivity index (χ2v) is 7.64. The molecule has 1 aliphatic rings. The van der Waals surface area contributed by atoms with Gasteiger partial charge in [0.2, 0.25) is 0 Å². The van der Waals surface area contributed by atoms with Crippen LogP contribution >= 0.6 is 0 Å². The van der Waals surface area contributed by atoms with Crippen LogP contribution in [0.25, 0.3) is 10.9 Å². The monoisotopic (exact) mass is 342 g/mol. The Kier molecular flexibility index (Phi) is 4.58. The average molecular weight is 342 g/mol. The summed E-state index contributed by atoms with van der Waals surface area (Å²) in [6, 6.07) is 7.98. The molecular formula is C20H26N2O3. The van der Waals surface area contributed by atoms with Crippen molar-refractivity contribution in [3.05, 3.63) is 35.5 Å². The van der Waals surface area contributed by atoms with E-state index in [-0.39, 0.29) is 11.9 Å². The highest BCUT2D eigenvalue weighted by molar-refractivity contribution is 5.99. The molecule has 0 radical (unpaired) electrons. The first kappa shape index (κ1) is 17.5. The molecule has 0 bridgehead atoms. The topological polar surface area (TPSA) is 51.5 Å². The van der Waals surface area contributed by atoms with Crippen LogP contribution in [0.1, 0.15) is 56.6 Å². The van der Waals surface area contributed by atoms with Crippen LogP contribution in [0.2, 0.25) is 0 Å². The molecular weight excluding hydrogens is 316 g/mol.